The third kappa shape index (κ3) is 4.24. The average molecular weight is 267 g/mol. The fraction of sp³-hybridized carbons (Fsp3) is 0.385. The van der Waals surface area contributed by atoms with Gasteiger partial charge in [-0.15, -0.1) is 0 Å². The maximum atomic E-state index is 13.6. The number of carbonyl (C=O) groups is 2. The van der Waals surface area contributed by atoms with Crippen molar-refractivity contribution in [1.82, 2.24) is 10.6 Å². The lowest BCUT2D eigenvalue weighted by atomic mass is 10.1. The molecule has 104 valence electrons. The van der Waals surface area contributed by atoms with Gasteiger partial charge in [0.15, 0.2) is 0 Å². The van der Waals surface area contributed by atoms with Gasteiger partial charge in [-0.05, 0) is 26.0 Å². The summed E-state index contributed by atoms with van der Waals surface area (Å²) in [6.07, 6.45) is 0. The third-order valence-corrected chi connectivity index (χ3v) is 2.40. The molecular weight excluding hydrogens is 249 g/mol. The molecule has 0 heterocycles. The summed E-state index contributed by atoms with van der Waals surface area (Å²) < 4.78 is 13.6. The summed E-state index contributed by atoms with van der Waals surface area (Å²) in [4.78, 5) is 23.1. The van der Waals surface area contributed by atoms with Gasteiger partial charge in [0.2, 0.25) is 5.91 Å². The van der Waals surface area contributed by atoms with Crippen LogP contribution in [0.2, 0.25) is 0 Å². The van der Waals surface area contributed by atoms with Gasteiger partial charge in [-0.2, -0.15) is 0 Å². The molecule has 0 bridgehead atoms. The molecule has 1 aromatic rings. The molecule has 0 saturated carbocycles. The number of benzene rings is 1. The number of hydrogen-bond acceptors (Lipinski definition) is 3. The minimum atomic E-state index is -0.493. The molecule has 0 atom stereocenters. The number of para-hydroxylation sites is 1. The Bertz CT molecular complexity index is 463. The monoisotopic (exact) mass is 267 g/mol. The average Bonchev–Trinajstić information content (AvgIpc) is 2.39. The minimum Gasteiger partial charge on any atom is -0.382 e. The zero-order valence-electron chi connectivity index (χ0n) is 11.0. The second-order valence-electron chi connectivity index (χ2n) is 3.83. The van der Waals surface area contributed by atoms with E-state index in [9.17, 15) is 14.0 Å². The van der Waals surface area contributed by atoms with Crippen molar-refractivity contribution in [2.75, 3.05) is 25.0 Å². The van der Waals surface area contributed by atoms with E-state index in [1.54, 1.807) is 6.92 Å². The molecule has 0 fully saturated rings. The van der Waals surface area contributed by atoms with Gasteiger partial charge in [0, 0.05) is 13.1 Å². The molecule has 0 spiro atoms. The first-order valence-corrected chi connectivity index (χ1v) is 6.17. The Morgan fingerprint density at radius 3 is 2.53 bits per heavy atom. The number of rotatable bonds is 6. The highest BCUT2D eigenvalue weighted by atomic mass is 19.1. The summed E-state index contributed by atoms with van der Waals surface area (Å²) in [5, 5.41) is 7.81. The predicted molar refractivity (Wildman–Crippen MR) is 71.6 cm³/mol. The molecule has 0 aliphatic rings. The van der Waals surface area contributed by atoms with Crippen LogP contribution < -0.4 is 16.0 Å². The predicted octanol–water partition coefficient (Wildman–Crippen LogP) is 1.12. The van der Waals surface area contributed by atoms with Gasteiger partial charge in [-0.25, -0.2) is 4.39 Å². The molecule has 2 amide bonds. The lowest BCUT2D eigenvalue weighted by Gasteiger charge is -2.11. The van der Waals surface area contributed by atoms with Crippen molar-refractivity contribution >= 4 is 17.5 Å². The van der Waals surface area contributed by atoms with Crippen LogP contribution in [0.5, 0.6) is 0 Å². The highest BCUT2D eigenvalue weighted by molar-refractivity contribution is 6.01. The standard InChI is InChI=1S/C13H18FN3O2/c1-3-15-11(18)8-17-13(19)9-6-5-7-10(14)12(9)16-4-2/h5-7,16H,3-4,8H2,1-2H3,(H,15,18)(H,17,19). The quantitative estimate of drug-likeness (QED) is 0.723. The zero-order chi connectivity index (χ0) is 14.3. The van der Waals surface area contributed by atoms with Gasteiger partial charge in [0.1, 0.15) is 5.82 Å². The molecule has 0 aromatic heterocycles. The number of halogens is 1. The van der Waals surface area contributed by atoms with Crippen molar-refractivity contribution in [2.45, 2.75) is 13.8 Å². The molecule has 1 rings (SSSR count). The Morgan fingerprint density at radius 1 is 1.16 bits per heavy atom. The van der Waals surface area contributed by atoms with Gasteiger partial charge in [0.05, 0.1) is 17.8 Å². The van der Waals surface area contributed by atoms with Crippen molar-refractivity contribution in [2.24, 2.45) is 0 Å². The van der Waals surface area contributed by atoms with Crippen LogP contribution in [-0.4, -0.2) is 31.4 Å². The van der Waals surface area contributed by atoms with Crippen molar-refractivity contribution in [3.8, 4) is 0 Å². The first-order valence-electron chi connectivity index (χ1n) is 6.17. The molecule has 0 radical (unpaired) electrons. The fourth-order valence-corrected chi connectivity index (χ4v) is 1.59. The van der Waals surface area contributed by atoms with Gasteiger partial charge in [0.25, 0.3) is 5.91 Å². The van der Waals surface area contributed by atoms with E-state index in [0.29, 0.717) is 13.1 Å². The Kier molecular flexibility index (Phi) is 5.78. The molecule has 0 unspecified atom stereocenters. The number of carbonyl (C=O) groups excluding carboxylic acids is 2. The highest BCUT2D eigenvalue weighted by Crippen LogP contribution is 2.19. The molecular formula is C13H18FN3O2. The Balaban J connectivity index is 2.76. The number of hydrogen-bond donors (Lipinski definition) is 3. The molecule has 1 aromatic carbocycles. The number of nitrogens with one attached hydrogen (secondary N) is 3. The van der Waals surface area contributed by atoms with Crippen LogP contribution in [0.15, 0.2) is 18.2 Å². The first kappa shape index (κ1) is 14.9. The van der Waals surface area contributed by atoms with E-state index in [0.717, 1.165) is 0 Å². The van der Waals surface area contributed by atoms with Crippen molar-refractivity contribution in [3.63, 3.8) is 0 Å². The number of amides is 2. The summed E-state index contributed by atoms with van der Waals surface area (Å²) in [6, 6.07) is 4.24. The molecule has 19 heavy (non-hydrogen) atoms. The normalized spacial score (nSPS) is 9.84. The maximum Gasteiger partial charge on any atom is 0.253 e. The van der Waals surface area contributed by atoms with E-state index in [1.807, 2.05) is 6.92 Å². The smallest absolute Gasteiger partial charge is 0.253 e. The molecule has 0 aliphatic carbocycles. The van der Waals surface area contributed by atoms with Crippen LogP contribution in [0.3, 0.4) is 0 Å². The second-order valence-corrected chi connectivity index (χ2v) is 3.83. The summed E-state index contributed by atoms with van der Waals surface area (Å²) in [7, 11) is 0. The summed E-state index contributed by atoms with van der Waals surface area (Å²) in [5.74, 6) is -1.26. The van der Waals surface area contributed by atoms with Gasteiger partial charge in [-0.3, -0.25) is 9.59 Å². The summed E-state index contributed by atoms with van der Waals surface area (Å²) in [5.41, 5.74) is 0.338. The van der Waals surface area contributed by atoms with Crippen molar-refractivity contribution in [1.29, 1.82) is 0 Å². The van der Waals surface area contributed by atoms with E-state index < -0.39 is 11.7 Å². The van der Waals surface area contributed by atoms with Crippen LogP contribution in [0.25, 0.3) is 0 Å². The zero-order valence-corrected chi connectivity index (χ0v) is 11.0. The summed E-state index contributed by atoms with van der Waals surface area (Å²) in [6.45, 7) is 4.46. The number of anilines is 1. The lowest BCUT2D eigenvalue weighted by molar-refractivity contribution is -0.120. The van der Waals surface area contributed by atoms with E-state index in [1.165, 1.54) is 18.2 Å². The van der Waals surface area contributed by atoms with Gasteiger partial charge >= 0.3 is 0 Å². The van der Waals surface area contributed by atoms with Crippen LogP contribution in [0.4, 0.5) is 10.1 Å². The van der Waals surface area contributed by atoms with E-state index >= 15 is 0 Å². The lowest BCUT2D eigenvalue weighted by Crippen LogP contribution is -2.37. The molecule has 3 N–H and O–H groups in total. The van der Waals surface area contributed by atoms with Gasteiger partial charge < -0.3 is 16.0 Å². The Morgan fingerprint density at radius 2 is 1.89 bits per heavy atom. The molecule has 6 heteroatoms. The summed E-state index contributed by atoms with van der Waals surface area (Å²) >= 11 is 0. The maximum absolute atomic E-state index is 13.6. The number of likely N-dealkylation sites (N-methyl/N-ethyl adjacent to an activating group) is 1. The topological polar surface area (TPSA) is 70.2 Å². The first-order chi connectivity index (χ1) is 9.10. The van der Waals surface area contributed by atoms with Crippen LogP contribution in [0.1, 0.15) is 24.2 Å². The Hall–Kier alpha value is -2.11. The van der Waals surface area contributed by atoms with Crippen LogP contribution in [-0.2, 0) is 4.79 Å². The SMILES string of the molecule is CCNC(=O)CNC(=O)c1cccc(F)c1NCC. The van der Waals surface area contributed by atoms with E-state index in [4.69, 9.17) is 0 Å². The fourth-order valence-electron chi connectivity index (χ4n) is 1.59. The van der Waals surface area contributed by atoms with Crippen molar-refractivity contribution in [3.05, 3.63) is 29.6 Å². The largest absolute Gasteiger partial charge is 0.382 e. The Labute approximate surface area is 111 Å². The van der Waals surface area contributed by atoms with Crippen LogP contribution in [0, 0.1) is 5.82 Å². The van der Waals surface area contributed by atoms with E-state index in [-0.39, 0.29) is 23.7 Å². The molecule has 5 nitrogen and oxygen atoms in total. The molecule has 0 aliphatic heterocycles. The van der Waals surface area contributed by atoms with E-state index in [2.05, 4.69) is 16.0 Å². The third-order valence-electron chi connectivity index (χ3n) is 2.40. The van der Waals surface area contributed by atoms with Gasteiger partial charge in [-0.1, -0.05) is 6.07 Å². The van der Waals surface area contributed by atoms with Crippen molar-refractivity contribution < 1.29 is 14.0 Å². The highest BCUT2D eigenvalue weighted by Gasteiger charge is 2.15. The second kappa shape index (κ2) is 7.35. The molecule has 0 saturated heterocycles. The van der Waals surface area contributed by atoms with Crippen LogP contribution >= 0.6 is 0 Å². The minimum absolute atomic E-state index is 0.130.